The molecule has 0 aromatic carbocycles. The molecule has 0 aromatic heterocycles. The lowest BCUT2D eigenvalue weighted by atomic mass is 10.0. The van der Waals surface area contributed by atoms with Gasteiger partial charge in [0.25, 0.3) is 0 Å². The molecule has 3 heterocycles. The van der Waals surface area contributed by atoms with Gasteiger partial charge in [0.05, 0.1) is 25.4 Å². The van der Waals surface area contributed by atoms with Gasteiger partial charge in [0.15, 0.2) is 0 Å². The van der Waals surface area contributed by atoms with Crippen LogP contribution in [0.4, 0.5) is 0 Å². The quantitative estimate of drug-likeness (QED) is 0.515. The molecule has 0 radical (unpaired) electrons. The SMILES string of the molecule is C[N@@+]12CCC[C@@H]1[C@@H]1SC=C[C@@H]1C2. The number of thioether (sulfide) groups is 1. The maximum Gasteiger partial charge on any atom is 0.102 e. The van der Waals surface area contributed by atoms with Crippen molar-refractivity contribution in [2.24, 2.45) is 5.92 Å². The van der Waals surface area contributed by atoms with E-state index < -0.39 is 0 Å². The smallest absolute Gasteiger partial charge is 0.102 e. The number of quaternary nitrogens is 1. The van der Waals surface area contributed by atoms with Gasteiger partial charge in [0.2, 0.25) is 0 Å². The lowest BCUT2D eigenvalue weighted by molar-refractivity contribution is -0.909. The molecular formula is C10H16NS+. The van der Waals surface area contributed by atoms with Crippen molar-refractivity contribution in [3.05, 3.63) is 11.5 Å². The summed E-state index contributed by atoms with van der Waals surface area (Å²) in [5, 5.41) is 3.27. The Hall–Kier alpha value is 0.0500. The van der Waals surface area contributed by atoms with Crippen LogP contribution in [0.2, 0.25) is 0 Å². The highest BCUT2D eigenvalue weighted by Gasteiger charge is 2.54. The molecule has 0 amide bonds. The highest BCUT2D eigenvalue weighted by Crippen LogP contribution is 2.47. The second kappa shape index (κ2) is 2.30. The van der Waals surface area contributed by atoms with Crippen LogP contribution in [0.1, 0.15) is 12.8 Å². The first-order chi connectivity index (χ1) is 5.80. The monoisotopic (exact) mass is 182 g/mol. The molecule has 2 fully saturated rings. The van der Waals surface area contributed by atoms with E-state index in [-0.39, 0.29) is 0 Å². The molecule has 0 N–H and O–H groups in total. The first kappa shape index (κ1) is 7.45. The summed E-state index contributed by atoms with van der Waals surface area (Å²) in [6.45, 7) is 2.85. The average molecular weight is 182 g/mol. The van der Waals surface area contributed by atoms with Crippen LogP contribution in [-0.4, -0.2) is 35.9 Å². The largest absolute Gasteiger partial charge is 0.322 e. The Morgan fingerprint density at radius 2 is 2.42 bits per heavy atom. The Kier molecular flexibility index (Phi) is 1.43. The van der Waals surface area contributed by atoms with Gasteiger partial charge < -0.3 is 4.48 Å². The Balaban J connectivity index is 1.94. The molecule has 0 unspecified atom stereocenters. The first-order valence-electron chi connectivity index (χ1n) is 4.96. The van der Waals surface area contributed by atoms with Crippen LogP contribution in [-0.2, 0) is 0 Å². The third-order valence-electron chi connectivity index (χ3n) is 3.96. The van der Waals surface area contributed by atoms with Crippen LogP contribution in [0.25, 0.3) is 0 Å². The molecule has 2 saturated heterocycles. The Morgan fingerprint density at radius 1 is 1.50 bits per heavy atom. The van der Waals surface area contributed by atoms with Crippen molar-refractivity contribution in [3.8, 4) is 0 Å². The van der Waals surface area contributed by atoms with E-state index in [4.69, 9.17) is 0 Å². The second-order valence-corrected chi connectivity index (χ2v) is 5.78. The van der Waals surface area contributed by atoms with Gasteiger partial charge in [-0.15, -0.1) is 11.8 Å². The second-order valence-electron chi connectivity index (χ2n) is 4.69. The van der Waals surface area contributed by atoms with Crippen LogP contribution in [0.15, 0.2) is 11.5 Å². The van der Waals surface area contributed by atoms with Gasteiger partial charge in [-0.2, -0.15) is 0 Å². The van der Waals surface area contributed by atoms with Crippen molar-refractivity contribution in [2.75, 3.05) is 20.1 Å². The van der Waals surface area contributed by atoms with Crippen LogP contribution >= 0.6 is 11.8 Å². The summed E-state index contributed by atoms with van der Waals surface area (Å²) in [5.41, 5.74) is 0. The fraction of sp³-hybridized carbons (Fsp3) is 0.800. The third-order valence-corrected chi connectivity index (χ3v) is 5.25. The summed E-state index contributed by atoms with van der Waals surface area (Å²) in [5.74, 6) is 0.908. The fourth-order valence-corrected chi connectivity index (χ4v) is 4.82. The molecule has 0 bridgehead atoms. The standard InChI is InChI=1S/C10H16NS/c1-11-5-2-3-9(11)10-8(7-11)4-6-12-10/h4,6,8-10H,2-3,5,7H2,1H3/q+1/t8-,9-,10-,11+/m1/s1. The molecule has 12 heavy (non-hydrogen) atoms. The normalized spacial score (nSPS) is 55.9. The zero-order chi connectivity index (χ0) is 8.18. The summed E-state index contributed by atoms with van der Waals surface area (Å²) in [4.78, 5) is 0. The molecule has 3 aliphatic heterocycles. The van der Waals surface area contributed by atoms with E-state index in [1.807, 2.05) is 0 Å². The van der Waals surface area contributed by atoms with Gasteiger partial charge in [0.1, 0.15) is 6.04 Å². The molecule has 3 aliphatic rings. The van der Waals surface area contributed by atoms with E-state index in [9.17, 15) is 0 Å². The molecule has 1 nitrogen and oxygen atoms in total. The van der Waals surface area contributed by atoms with Gasteiger partial charge in [-0.05, 0) is 5.41 Å². The van der Waals surface area contributed by atoms with Crippen molar-refractivity contribution >= 4 is 11.8 Å². The summed E-state index contributed by atoms with van der Waals surface area (Å²) in [7, 11) is 2.46. The van der Waals surface area contributed by atoms with Gasteiger partial charge in [-0.3, -0.25) is 0 Å². The van der Waals surface area contributed by atoms with Crippen molar-refractivity contribution in [2.45, 2.75) is 24.1 Å². The zero-order valence-electron chi connectivity index (χ0n) is 7.57. The lowest BCUT2D eigenvalue weighted by Crippen LogP contribution is -2.45. The topological polar surface area (TPSA) is 0 Å². The molecule has 0 spiro atoms. The number of fused-ring (bicyclic) bond motifs is 3. The van der Waals surface area contributed by atoms with Crippen LogP contribution in [0, 0.1) is 5.92 Å². The number of hydrogen-bond donors (Lipinski definition) is 0. The van der Waals surface area contributed by atoms with Crippen molar-refractivity contribution in [1.82, 2.24) is 0 Å². The number of rotatable bonds is 0. The van der Waals surface area contributed by atoms with Crippen LogP contribution in [0.5, 0.6) is 0 Å². The Bertz CT molecular complexity index is 238. The summed E-state index contributed by atoms with van der Waals surface area (Å²) in [6.07, 6.45) is 5.38. The molecule has 0 saturated carbocycles. The first-order valence-corrected chi connectivity index (χ1v) is 5.90. The van der Waals surface area contributed by atoms with Crippen LogP contribution < -0.4 is 0 Å². The van der Waals surface area contributed by atoms with Crippen molar-refractivity contribution in [1.29, 1.82) is 0 Å². The van der Waals surface area contributed by atoms with Crippen molar-refractivity contribution < 1.29 is 4.48 Å². The molecule has 66 valence electrons. The zero-order valence-corrected chi connectivity index (χ0v) is 8.39. The minimum atomic E-state index is 0.908. The van der Waals surface area contributed by atoms with Gasteiger partial charge in [-0.1, -0.05) is 6.08 Å². The van der Waals surface area contributed by atoms with E-state index in [2.05, 4.69) is 30.3 Å². The van der Waals surface area contributed by atoms with Gasteiger partial charge in [0, 0.05) is 18.8 Å². The maximum absolute atomic E-state index is 2.46. The highest BCUT2D eigenvalue weighted by atomic mass is 32.2. The summed E-state index contributed by atoms with van der Waals surface area (Å²) >= 11 is 2.09. The predicted octanol–water partition coefficient (Wildman–Crippen LogP) is 1.85. The van der Waals surface area contributed by atoms with Crippen molar-refractivity contribution in [3.63, 3.8) is 0 Å². The van der Waals surface area contributed by atoms with E-state index in [1.54, 1.807) is 0 Å². The van der Waals surface area contributed by atoms with E-state index in [0.717, 1.165) is 17.2 Å². The van der Waals surface area contributed by atoms with Gasteiger partial charge in [-0.25, -0.2) is 0 Å². The Labute approximate surface area is 78.4 Å². The minimum absolute atomic E-state index is 0.908. The predicted molar refractivity (Wildman–Crippen MR) is 52.9 cm³/mol. The molecular weight excluding hydrogens is 166 g/mol. The van der Waals surface area contributed by atoms with Gasteiger partial charge >= 0.3 is 0 Å². The number of nitrogens with zero attached hydrogens (tertiary/aromatic N) is 1. The highest BCUT2D eigenvalue weighted by molar-refractivity contribution is 8.03. The van der Waals surface area contributed by atoms with Crippen LogP contribution in [0.3, 0.4) is 0 Å². The van der Waals surface area contributed by atoms with E-state index >= 15 is 0 Å². The third kappa shape index (κ3) is 0.801. The average Bonchev–Trinajstić information content (AvgIpc) is 2.57. The Morgan fingerprint density at radius 3 is 3.33 bits per heavy atom. The summed E-state index contributed by atoms with van der Waals surface area (Å²) < 4.78 is 1.38. The number of hydrogen-bond acceptors (Lipinski definition) is 1. The molecule has 4 atom stereocenters. The molecule has 0 aromatic rings. The molecule has 3 rings (SSSR count). The van der Waals surface area contributed by atoms with E-state index in [1.165, 1.54) is 30.4 Å². The molecule has 0 aliphatic carbocycles. The molecule has 2 heteroatoms. The minimum Gasteiger partial charge on any atom is -0.322 e. The fourth-order valence-electron chi connectivity index (χ4n) is 3.35. The lowest BCUT2D eigenvalue weighted by Gasteiger charge is -2.30. The summed E-state index contributed by atoms with van der Waals surface area (Å²) in [6, 6.07) is 0.981. The van der Waals surface area contributed by atoms with E-state index in [0.29, 0.717) is 0 Å². The maximum atomic E-state index is 2.46.